The number of amides is 3. The minimum Gasteiger partial charge on any atom is -0.362 e. The zero-order valence-corrected chi connectivity index (χ0v) is 24.1. The number of hydrogen-bond acceptors (Lipinski definition) is 6. The maximum absolute atomic E-state index is 12.9. The van der Waals surface area contributed by atoms with E-state index >= 15 is 0 Å². The van der Waals surface area contributed by atoms with Crippen molar-refractivity contribution in [1.29, 1.82) is 5.26 Å². The van der Waals surface area contributed by atoms with Gasteiger partial charge in [0.25, 0.3) is 0 Å². The summed E-state index contributed by atoms with van der Waals surface area (Å²) in [4.78, 5) is 37.4. The largest absolute Gasteiger partial charge is 0.470 e. The number of nitriles is 1. The molecule has 3 amide bonds. The van der Waals surface area contributed by atoms with Crippen molar-refractivity contribution in [1.82, 2.24) is 25.0 Å². The number of primary amides is 1. The first kappa shape index (κ1) is 35.8. The van der Waals surface area contributed by atoms with Gasteiger partial charge in [-0.1, -0.05) is 41.5 Å². The van der Waals surface area contributed by atoms with E-state index in [-0.39, 0.29) is 33.0 Å². The van der Waals surface area contributed by atoms with Crippen molar-refractivity contribution in [3.63, 3.8) is 0 Å². The summed E-state index contributed by atoms with van der Waals surface area (Å²) in [6, 6.07) is 0.776. The van der Waals surface area contributed by atoms with Crippen molar-refractivity contribution in [2.75, 3.05) is 13.1 Å². The molecule has 42 heavy (non-hydrogen) atoms. The summed E-state index contributed by atoms with van der Waals surface area (Å²) < 4.78 is 58.3. The molecule has 10 nitrogen and oxygen atoms in total. The van der Waals surface area contributed by atoms with Crippen molar-refractivity contribution < 1.29 is 36.3 Å². The van der Waals surface area contributed by atoms with Gasteiger partial charge in [-0.3, -0.25) is 19.4 Å². The number of aromatic nitrogens is 3. The highest BCUT2D eigenvalue weighted by atomic mass is 19.4. The van der Waals surface area contributed by atoms with Crippen LogP contribution in [-0.2, 0) is 14.4 Å². The second-order valence-corrected chi connectivity index (χ2v) is 11.4. The van der Waals surface area contributed by atoms with Crippen molar-refractivity contribution in [2.24, 2.45) is 22.5 Å². The number of rotatable bonds is 5. The minimum atomic E-state index is -4.86. The van der Waals surface area contributed by atoms with E-state index in [1.54, 1.807) is 0 Å². The fraction of sp³-hybridized carbons (Fsp3) is 0.556. The summed E-state index contributed by atoms with van der Waals surface area (Å²) in [5.74, 6) is 0.863. The first-order valence-corrected chi connectivity index (χ1v) is 12.5. The van der Waals surface area contributed by atoms with Gasteiger partial charge in [0.05, 0.1) is 17.8 Å². The zero-order chi connectivity index (χ0) is 32.6. The van der Waals surface area contributed by atoms with E-state index in [2.05, 4.69) is 68.6 Å². The van der Waals surface area contributed by atoms with Crippen LogP contribution in [0.1, 0.15) is 71.8 Å². The maximum Gasteiger partial charge on any atom is 0.470 e. The van der Waals surface area contributed by atoms with Crippen molar-refractivity contribution >= 4 is 29.1 Å². The van der Waals surface area contributed by atoms with Crippen LogP contribution in [0.3, 0.4) is 0 Å². The van der Waals surface area contributed by atoms with Gasteiger partial charge in [0.15, 0.2) is 0 Å². The number of carbonyl (C=O) groups excluding carboxylic acids is 3. The first-order chi connectivity index (χ1) is 19.2. The molecule has 3 heterocycles. The van der Waals surface area contributed by atoms with E-state index in [0.717, 1.165) is 13.1 Å². The fourth-order valence-corrected chi connectivity index (χ4v) is 3.89. The number of nitrogens with one attached hydrogen (secondary N) is 1. The topological polar surface area (TPSA) is 147 Å². The lowest BCUT2D eigenvalue weighted by Gasteiger charge is -2.24. The number of pyridine rings is 1. The molecular formula is C27H34F5N7O3. The Hall–Kier alpha value is -4.27. The fourth-order valence-electron chi connectivity index (χ4n) is 3.89. The third kappa shape index (κ3) is 9.68. The van der Waals surface area contributed by atoms with Gasteiger partial charge >= 0.3 is 18.6 Å². The van der Waals surface area contributed by atoms with Gasteiger partial charge in [0.2, 0.25) is 12.3 Å². The van der Waals surface area contributed by atoms with E-state index in [9.17, 15) is 31.5 Å². The Balaban J connectivity index is 0.000000353. The van der Waals surface area contributed by atoms with Crippen LogP contribution in [0.2, 0.25) is 0 Å². The monoisotopic (exact) mass is 599 g/mol. The van der Waals surface area contributed by atoms with Crippen molar-refractivity contribution in [3.8, 4) is 18.4 Å². The van der Waals surface area contributed by atoms with E-state index in [1.165, 1.54) is 12.4 Å². The van der Waals surface area contributed by atoms with E-state index in [4.69, 9.17) is 16.5 Å². The van der Waals surface area contributed by atoms with Crippen LogP contribution < -0.4 is 11.1 Å². The molecule has 1 saturated heterocycles. The van der Waals surface area contributed by atoms with Gasteiger partial charge in [-0.05, 0) is 22.7 Å². The number of hydrogen-bond donors (Lipinski definition) is 2. The SMILES string of the molecule is C#Cc1nn(C(F)F)c2cncc(C(C#N)NC=O)c12.C[C@H]1CN(C(=O)CC(C)(C)C)CC1(C)C.NC(=O)C(F)(F)F. The lowest BCUT2D eigenvalue weighted by molar-refractivity contribution is -0.169. The molecule has 0 bridgehead atoms. The van der Waals surface area contributed by atoms with E-state index in [0.29, 0.717) is 29.3 Å². The van der Waals surface area contributed by atoms with Crippen LogP contribution in [0.25, 0.3) is 10.9 Å². The molecule has 2 atom stereocenters. The lowest BCUT2D eigenvalue weighted by atomic mass is 9.84. The average molecular weight is 600 g/mol. The Kier molecular flexibility index (Phi) is 12.0. The van der Waals surface area contributed by atoms with Crippen LogP contribution in [-0.4, -0.2) is 57.2 Å². The summed E-state index contributed by atoms with van der Waals surface area (Å²) in [7, 11) is 0. The molecule has 15 heteroatoms. The Bertz CT molecular complexity index is 1350. The summed E-state index contributed by atoms with van der Waals surface area (Å²) in [6.07, 6.45) is 3.84. The van der Waals surface area contributed by atoms with Crippen LogP contribution in [0, 0.1) is 40.4 Å². The summed E-state index contributed by atoms with van der Waals surface area (Å²) in [6.45, 7) is 12.1. The number of alkyl halides is 5. The highest BCUT2D eigenvalue weighted by Crippen LogP contribution is 2.36. The molecule has 1 aliphatic rings. The molecule has 3 N–H and O–H groups in total. The molecule has 3 rings (SSSR count). The molecule has 0 saturated carbocycles. The van der Waals surface area contributed by atoms with E-state index < -0.39 is 24.7 Å². The second kappa shape index (κ2) is 14.1. The number of halogens is 5. The highest BCUT2D eigenvalue weighted by Gasteiger charge is 2.39. The lowest BCUT2D eigenvalue weighted by Crippen LogP contribution is -2.32. The first-order valence-electron chi connectivity index (χ1n) is 12.5. The van der Waals surface area contributed by atoms with Gasteiger partial charge in [-0.15, -0.1) is 6.42 Å². The summed E-state index contributed by atoms with van der Waals surface area (Å²) in [5.41, 5.74) is 4.38. The van der Waals surface area contributed by atoms with Crippen LogP contribution in [0.5, 0.6) is 0 Å². The maximum atomic E-state index is 12.9. The predicted octanol–water partition coefficient (Wildman–Crippen LogP) is 4.08. The van der Waals surface area contributed by atoms with Gasteiger partial charge in [-0.25, -0.2) is 4.68 Å². The number of nitrogens with two attached hydrogens (primary N) is 1. The molecule has 0 spiro atoms. The molecule has 0 aromatic carbocycles. The number of carbonyl (C=O) groups is 3. The third-order valence-corrected chi connectivity index (χ3v) is 6.38. The van der Waals surface area contributed by atoms with Crippen molar-refractivity contribution in [2.45, 2.75) is 66.7 Å². The molecule has 0 aliphatic carbocycles. The molecule has 230 valence electrons. The highest BCUT2D eigenvalue weighted by molar-refractivity contribution is 5.88. The molecule has 2 aromatic rings. The van der Waals surface area contributed by atoms with Crippen LogP contribution in [0.4, 0.5) is 22.0 Å². The Morgan fingerprint density at radius 1 is 1.29 bits per heavy atom. The Labute approximate surface area is 240 Å². The summed E-state index contributed by atoms with van der Waals surface area (Å²) in [5, 5.41) is 15.1. The summed E-state index contributed by atoms with van der Waals surface area (Å²) >= 11 is 0. The van der Waals surface area contributed by atoms with Crippen molar-refractivity contribution in [3.05, 3.63) is 23.7 Å². The number of fused-ring (bicyclic) bond motifs is 1. The van der Waals surface area contributed by atoms with Gasteiger partial charge in [-0.2, -0.15) is 32.3 Å². The zero-order valence-electron chi connectivity index (χ0n) is 24.1. The molecule has 2 aromatic heterocycles. The number of likely N-dealkylation sites (tertiary alicyclic amines) is 1. The average Bonchev–Trinajstić information content (AvgIpc) is 3.38. The second-order valence-electron chi connectivity index (χ2n) is 11.4. The molecule has 1 unspecified atom stereocenters. The number of nitrogens with zero attached hydrogens (tertiary/aromatic N) is 5. The molecular weight excluding hydrogens is 565 g/mol. The normalized spacial score (nSPS) is 16.7. The third-order valence-electron chi connectivity index (χ3n) is 6.38. The molecule has 1 fully saturated rings. The predicted molar refractivity (Wildman–Crippen MR) is 143 cm³/mol. The van der Waals surface area contributed by atoms with Gasteiger partial charge < -0.3 is 16.0 Å². The smallest absolute Gasteiger partial charge is 0.362 e. The quantitative estimate of drug-likeness (QED) is 0.301. The van der Waals surface area contributed by atoms with Crippen LogP contribution in [0.15, 0.2) is 12.4 Å². The minimum absolute atomic E-state index is 0.00148. The number of terminal acetylenes is 1. The molecule has 0 radical (unpaired) electrons. The van der Waals surface area contributed by atoms with E-state index in [1.807, 2.05) is 11.0 Å². The standard InChI is InChI=1S/C13H25NO.C12H7F2N5O.C2H2F3NO/c1-10-8-14(9-13(10,5)6)11(15)7-12(2,3)4;1-2-8-11-7(9(3-15)17-6-20)4-16-5-10(11)19(18-8)12(13)14;3-2(4,5)1(6)7/h10H,7-9H2,1-6H3;1,4-6,9,12H,(H,17,20);(H2,6,7)/t10-;;/m0../s1. The van der Waals surface area contributed by atoms with Gasteiger partial charge in [0.1, 0.15) is 11.7 Å². The Morgan fingerprint density at radius 3 is 2.24 bits per heavy atom. The Morgan fingerprint density at radius 2 is 1.86 bits per heavy atom. The molecule has 1 aliphatic heterocycles. The van der Waals surface area contributed by atoms with Crippen LogP contribution >= 0.6 is 0 Å². The van der Waals surface area contributed by atoms with Gasteiger partial charge in [0, 0.05) is 36.7 Å².